The number of likely N-dealkylation sites (tertiary alicyclic amines) is 1. The van der Waals surface area contributed by atoms with Crippen LogP contribution in [0.4, 0.5) is 0 Å². The van der Waals surface area contributed by atoms with Crippen LogP contribution >= 0.6 is 11.6 Å². The van der Waals surface area contributed by atoms with Gasteiger partial charge in [-0.05, 0) is 54.3 Å². The highest BCUT2D eigenvalue weighted by molar-refractivity contribution is 7.90. The lowest BCUT2D eigenvalue weighted by Gasteiger charge is -2.17. The van der Waals surface area contributed by atoms with Crippen molar-refractivity contribution in [2.45, 2.75) is 18.2 Å². The second-order valence-corrected chi connectivity index (χ2v) is 9.88. The van der Waals surface area contributed by atoms with Crippen molar-refractivity contribution in [1.29, 1.82) is 0 Å². The number of ether oxygens (including phenoxy) is 1. The van der Waals surface area contributed by atoms with E-state index in [1.165, 1.54) is 11.8 Å². The quantitative estimate of drug-likeness (QED) is 0.697. The second kappa shape index (κ2) is 8.63. The topological polar surface area (TPSA) is 46.6 Å². The minimum atomic E-state index is -3.17. The standard InChI is InChI=1S/C21H26ClNO3S/c1-16-13-23(11-10-17-4-3-5-19(22)12-17)14-18(16)15-26-20-6-8-21(9-7-20)27(2,24)25/h3-9,12,16,18H,10-11,13-15H2,1-2H3/t16-,18+/m1/s1. The molecule has 1 aliphatic heterocycles. The van der Waals surface area contributed by atoms with Gasteiger partial charge >= 0.3 is 0 Å². The summed E-state index contributed by atoms with van der Waals surface area (Å²) < 4.78 is 29.0. The van der Waals surface area contributed by atoms with Crippen molar-refractivity contribution in [1.82, 2.24) is 4.90 Å². The Bertz CT molecular complexity index is 867. The van der Waals surface area contributed by atoms with E-state index in [-0.39, 0.29) is 0 Å². The highest BCUT2D eigenvalue weighted by atomic mass is 35.5. The van der Waals surface area contributed by atoms with Crippen molar-refractivity contribution >= 4 is 21.4 Å². The van der Waals surface area contributed by atoms with Gasteiger partial charge in [-0.25, -0.2) is 8.42 Å². The minimum absolute atomic E-state index is 0.316. The summed E-state index contributed by atoms with van der Waals surface area (Å²) in [5.41, 5.74) is 1.26. The third-order valence-corrected chi connectivity index (χ3v) is 6.53. The first-order chi connectivity index (χ1) is 12.8. The number of hydrogen-bond acceptors (Lipinski definition) is 4. The molecule has 27 heavy (non-hydrogen) atoms. The zero-order valence-electron chi connectivity index (χ0n) is 15.8. The van der Waals surface area contributed by atoms with E-state index in [1.807, 2.05) is 18.2 Å². The summed E-state index contributed by atoms with van der Waals surface area (Å²) in [5, 5.41) is 0.787. The smallest absolute Gasteiger partial charge is 0.175 e. The summed E-state index contributed by atoms with van der Waals surface area (Å²) in [7, 11) is -3.17. The Balaban J connectivity index is 1.48. The summed E-state index contributed by atoms with van der Waals surface area (Å²) in [6.07, 6.45) is 2.20. The summed E-state index contributed by atoms with van der Waals surface area (Å²) in [6, 6.07) is 14.7. The van der Waals surface area contributed by atoms with Gasteiger partial charge in [0.25, 0.3) is 0 Å². The summed E-state index contributed by atoms with van der Waals surface area (Å²) in [5.74, 6) is 1.76. The van der Waals surface area contributed by atoms with E-state index in [0.29, 0.717) is 29.1 Å². The molecule has 0 amide bonds. The van der Waals surface area contributed by atoms with Gasteiger partial charge in [-0.3, -0.25) is 0 Å². The predicted molar refractivity (Wildman–Crippen MR) is 109 cm³/mol. The number of nitrogens with zero attached hydrogens (tertiary/aromatic N) is 1. The molecule has 0 aliphatic carbocycles. The van der Waals surface area contributed by atoms with Crippen molar-refractivity contribution in [3.8, 4) is 5.75 Å². The number of hydrogen-bond donors (Lipinski definition) is 0. The second-order valence-electron chi connectivity index (χ2n) is 7.43. The Morgan fingerprint density at radius 2 is 1.89 bits per heavy atom. The molecule has 146 valence electrons. The number of sulfone groups is 1. The van der Waals surface area contributed by atoms with E-state index in [9.17, 15) is 8.42 Å². The Morgan fingerprint density at radius 3 is 2.56 bits per heavy atom. The molecule has 4 nitrogen and oxygen atoms in total. The monoisotopic (exact) mass is 407 g/mol. The van der Waals surface area contributed by atoms with Crippen LogP contribution < -0.4 is 4.74 Å². The molecular weight excluding hydrogens is 382 g/mol. The molecular formula is C21H26ClNO3S. The maximum Gasteiger partial charge on any atom is 0.175 e. The van der Waals surface area contributed by atoms with Gasteiger partial charge in [0.2, 0.25) is 0 Å². The van der Waals surface area contributed by atoms with Crippen LogP contribution in [-0.4, -0.2) is 45.8 Å². The zero-order chi connectivity index (χ0) is 19.4. The highest BCUT2D eigenvalue weighted by Gasteiger charge is 2.29. The lowest BCUT2D eigenvalue weighted by molar-refractivity contribution is 0.225. The van der Waals surface area contributed by atoms with Crippen molar-refractivity contribution in [2.24, 2.45) is 11.8 Å². The molecule has 0 unspecified atom stereocenters. The highest BCUT2D eigenvalue weighted by Crippen LogP contribution is 2.25. The van der Waals surface area contributed by atoms with Crippen LogP contribution in [0, 0.1) is 11.8 Å². The first kappa shape index (κ1) is 20.2. The molecule has 2 atom stereocenters. The number of benzene rings is 2. The maximum absolute atomic E-state index is 11.5. The Labute approximate surface area is 167 Å². The van der Waals surface area contributed by atoms with Gasteiger partial charge in [-0.15, -0.1) is 0 Å². The SMILES string of the molecule is C[C@@H]1CN(CCc2cccc(Cl)c2)C[C@H]1COc1ccc(S(C)(=O)=O)cc1. The summed E-state index contributed by atoms with van der Waals surface area (Å²) in [6.45, 7) is 6.02. The number of halogens is 1. The summed E-state index contributed by atoms with van der Waals surface area (Å²) in [4.78, 5) is 2.79. The molecule has 3 rings (SSSR count). The van der Waals surface area contributed by atoms with Crippen LogP contribution in [-0.2, 0) is 16.3 Å². The van der Waals surface area contributed by atoms with Crippen LogP contribution in [0.15, 0.2) is 53.4 Å². The fourth-order valence-corrected chi connectivity index (χ4v) is 4.35. The van der Waals surface area contributed by atoms with E-state index >= 15 is 0 Å². The molecule has 1 fully saturated rings. The molecule has 0 aromatic heterocycles. The molecule has 0 radical (unpaired) electrons. The van der Waals surface area contributed by atoms with Gasteiger partial charge < -0.3 is 9.64 Å². The van der Waals surface area contributed by atoms with Gasteiger partial charge in [-0.2, -0.15) is 0 Å². The van der Waals surface area contributed by atoms with Crippen LogP contribution in [0.25, 0.3) is 0 Å². The van der Waals surface area contributed by atoms with Crippen molar-refractivity contribution in [2.75, 3.05) is 32.5 Å². The van der Waals surface area contributed by atoms with E-state index in [2.05, 4.69) is 17.9 Å². The molecule has 1 heterocycles. The van der Waals surface area contributed by atoms with Gasteiger partial charge in [0.05, 0.1) is 11.5 Å². The van der Waals surface area contributed by atoms with Gasteiger partial charge in [0, 0.05) is 36.8 Å². The molecule has 0 spiro atoms. The number of rotatable bonds is 7. The molecule has 0 N–H and O–H groups in total. The van der Waals surface area contributed by atoms with Crippen LogP contribution in [0.5, 0.6) is 5.75 Å². The molecule has 0 bridgehead atoms. The van der Waals surface area contributed by atoms with E-state index in [0.717, 1.165) is 31.1 Å². The summed E-state index contributed by atoms with van der Waals surface area (Å²) >= 11 is 6.06. The normalized spacial score (nSPS) is 20.7. The molecule has 1 aliphatic rings. The lowest BCUT2D eigenvalue weighted by Crippen LogP contribution is -2.24. The van der Waals surface area contributed by atoms with Crippen molar-refractivity contribution in [3.63, 3.8) is 0 Å². The average molecular weight is 408 g/mol. The third kappa shape index (κ3) is 5.71. The fourth-order valence-electron chi connectivity index (χ4n) is 3.51. The molecule has 0 saturated carbocycles. The zero-order valence-corrected chi connectivity index (χ0v) is 17.3. The Hall–Kier alpha value is -1.56. The van der Waals surface area contributed by atoms with Crippen molar-refractivity contribution < 1.29 is 13.2 Å². The van der Waals surface area contributed by atoms with Gasteiger partial charge in [0.15, 0.2) is 9.84 Å². The molecule has 1 saturated heterocycles. The van der Waals surface area contributed by atoms with E-state index in [1.54, 1.807) is 24.3 Å². The van der Waals surface area contributed by atoms with Gasteiger partial charge in [0.1, 0.15) is 5.75 Å². The van der Waals surface area contributed by atoms with Crippen LogP contribution in [0.1, 0.15) is 12.5 Å². The molecule has 2 aromatic rings. The van der Waals surface area contributed by atoms with Crippen LogP contribution in [0.2, 0.25) is 5.02 Å². The largest absolute Gasteiger partial charge is 0.493 e. The Morgan fingerprint density at radius 1 is 1.15 bits per heavy atom. The van der Waals surface area contributed by atoms with E-state index in [4.69, 9.17) is 16.3 Å². The van der Waals surface area contributed by atoms with Gasteiger partial charge in [-0.1, -0.05) is 30.7 Å². The average Bonchev–Trinajstić information content (AvgIpc) is 2.98. The first-order valence-electron chi connectivity index (χ1n) is 9.21. The minimum Gasteiger partial charge on any atom is -0.493 e. The first-order valence-corrected chi connectivity index (χ1v) is 11.5. The van der Waals surface area contributed by atoms with Crippen LogP contribution in [0.3, 0.4) is 0 Å². The van der Waals surface area contributed by atoms with E-state index < -0.39 is 9.84 Å². The Kier molecular flexibility index (Phi) is 6.45. The maximum atomic E-state index is 11.5. The fraction of sp³-hybridized carbons (Fsp3) is 0.429. The van der Waals surface area contributed by atoms with Crippen molar-refractivity contribution in [3.05, 3.63) is 59.1 Å². The predicted octanol–water partition coefficient (Wildman–Crippen LogP) is 3.93. The third-order valence-electron chi connectivity index (χ3n) is 5.17. The lowest BCUT2D eigenvalue weighted by atomic mass is 9.99. The molecule has 2 aromatic carbocycles. The molecule has 6 heteroatoms.